The predicted octanol–water partition coefficient (Wildman–Crippen LogP) is 4.57. The molecular formula is C28H22N6O3. The number of carbonyl (C=O) groups excluding carboxylic acids is 2. The first-order valence-electron chi connectivity index (χ1n) is 11.9. The summed E-state index contributed by atoms with van der Waals surface area (Å²) in [5.74, 6) is -0.809. The Labute approximate surface area is 211 Å². The van der Waals surface area contributed by atoms with Crippen molar-refractivity contribution in [1.82, 2.24) is 24.9 Å². The average molecular weight is 491 g/mol. The van der Waals surface area contributed by atoms with E-state index in [9.17, 15) is 9.59 Å². The van der Waals surface area contributed by atoms with Crippen molar-refractivity contribution in [3.05, 3.63) is 89.6 Å². The fourth-order valence-corrected chi connectivity index (χ4v) is 4.61. The molecular weight excluding hydrogens is 468 g/mol. The zero-order valence-electron chi connectivity index (χ0n) is 19.9. The van der Waals surface area contributed by atoms with Crippen LogP contribution >= 0.6 is 0 Å². The number of nitrogens with zero attached hydrogens (tertiary/aromatic N) is 4. The van der Waals surface area contributed by atoms with E-state index in [1.54, 1.807) is 0 Å². The van der Waals surface area contributed by atoms with Crippen LogP contribution in [0.15, 0.2) is 67.3 Å². The molecule has 5 aromatic rings. The fraction of sp³-hybridized carbons (Fsp3) is 0.143. The zero-order valence-corrected chi connectivity index (χ0v) is 19.9. The topological polar surface area (TPSA) is 123 Å². The van der Waals surface area contributed by atoms with Gasteiger partial charge in [-0.3, -0.25) is 4.79 Å². The summed E-state index contributed by atoms with van der Waals surface area (Å²) in [6.07, 6.45) is 5.24. The third-order valence-corrected chi connectivity index (χ3v) is 6.40. The molecule has 1 amide bonds. The van der Waals surface area contributed by atoms with Gasteiger partial charge in [-0.15, -0.1) is 0 Å². The number of hydrogen-bond donors (Lipinski definition) is 2. The van der Waals surface area contributed by atoms with Crippen molar-refractivity contribution < 1.29 is 14.3 Å². The Morgan fingerprint density at radius 3 is 2.70 bits per heavy atom. The van der Waals surface area contributed by atoms with Crippen molar-refractivity contribution in [3.63, 3.8) is 0 Å². The van der Waals surface area contributed by atoms with Crippen molar-refractivity contribution in [2.75, 3.05) is 5.32 Å². The lowest BCUT2D eigenvalue weighted by Gasteiger charge is -2.16. The van der Waals surface area contributed by atoms with Gasteiger partial charge < -0.3 is 15.0 Å². The molecule has 0 fully saturated rings. The van der Waals surface area contributed by atoms with Gasteiger partial charge in [-0.1, -0.05) is 48.5 Å². The maximum Gasteiger partial charge on any atom is 0.339 e. The molecule has 0 radical (unpaired) electrons. The van der Waals surface area contributed by atoms with E-state index in [0.29, 0.717) is 34.1 Å². The Morgan fingerprint density at radius 1 is 1.03 bits per heavy atom. The minimum Gasteiger partial charge on any atom is -0.449 e. The van der Waals surface area contributed by atoms with Crippen molar-refractivity contribution >= 4 is 51.4 Å². The molecule has 0 spiro atoms. The number of H-pyrrole nitrogens is 1. The molecule has 0 saturated carbocycles. The third-order valence-electron chi connectivity index (χ3n) is 6.40. The lowest BCUT2D eigenvalue weighted by Crippen LogP contribution is -2.30. The summed E-state index contributed by atoms with van der Waals surface area (Å²) >= 11 is 0. The molecule has 0 aliphatic heterocycles. The molecule has 2 N–H and O–H groups in total. The molecule has 1 aliphatic rings. The van der Waals surface area contributed by atoms with Crippen LogP contribution in [0.2, 0.25) is 0 Å². The van der Waals surface area contributed by atoms with Gasteiger partial charge in [0.1, 0.15) is 11.8 Å². The number of imidazole rings is 1. The minimum absolute atomic E-state index is 0.265. The zero-order chi connectivity index (χ0) is 25.4. The summed E-state index contributed by atoms with van der Waals surface area (Å²) in [5, 5.41) is 3.40. The Balaban J connectivity index is 1.31. The van der Waals surface area contributed by atoms with Crippen LogP contribution in [0.4, 0.5) is 5.82 Å². The second-order valence-electron chi connectivity index (χ2n) is 8.77. The molecule has 37 heavy (non-hydrogen) atoms. The van der Waals surface area contributed by atoms with Crippen LogP contribution in [0.5, 0.6) is 0 Å². The number of aromatic amines is 1. The number of pyridine rings is 1. The average Bonchev–Trinajstić information content (AvgIpc) is 3.55. The summed E-state index contributed by atoms with van der Waals surface area (Å²) < 4.78 is 5.68. The van der Waals surface area contributed by atoms with Gasteiger partial charge in [0.25, 0.3) is 5.91 Å². The van der Waals surface area contributed by atoms with Gasteiger partial charge in [0.05, 0.1) is 23.1 Å². The number of nitrogens with one attached hydrogen (secondary N) is 2. The smallest absolute Gasteiger partial charge is 0.339 e. The van der Waals surface area contributed by atoms with Crippen LogP contribution < -0.4 is 5.32 Å². The minimum atomic E-state index is -1.07. The van der Waals surface area contributed by atoms with Gasteiger partial charge in [-0.2, -0.15) is 0 Å². The molecule has 2 aromatic carbocycles. The second kappa shape index (κ2) is 9.27. The summed E-state index contributed by atoms with van der Waals surface area (Å²) in [7, 11) is 0. The monoisotopic (exact) mass is 490 g/mol. The molecule has 9 nitrogen and oxygen atoms in total. The number of fused-ring (bicyclic) bond motifs is 3. The van der Waals surface area contributed by atoms with E-state index < -0.39 is 18.0 Å². The predicted molar refractivity (Wildman–Crippen MR) is 140 cm³/mol. The Kier molecular flexibility index (Phi) is 5.65. The maximum absolute atomic E-state index is 13.5. The van der Waals surface area contributed by atoms with Crippen LogP contribution in [0.1, 0.15) is 40.5 Å². The third kappa shape index (κ3) is 4.20. The summed E-state index contributed by atoms with van der Waals surface area (Å²) in [6.45, 7) is 1.53. The number of rotatable bonds is 5. The summed E-state index contributed by atoms with van der Waals surface area (Å²) in [6, 6.07) is 17.5. The van der Waals surface area contributed by atoms with Crippen LogP contribution in [0.25, 0.3) is 33.7 Å². The first-order valence-corrected chi connectivity index (χ1v) is 11.9. The normalized spacial score (nSPS) is 14.6. The van der Waals surface area contributed by atoms with E-state index in [-0.39, 0.29) is 5.82 Å². The number of hydrogen-bond acceptors (Lipinski definition) is 7. The number of amides is 1. The highest BCUT2D eigenvalue weighted by atomic mass is 16.5. The van der Waals surface area contributed by atoms with E-state index >= 15 is 0 Å². The van der Waals surface area contributed by atoms with Gasteiger partial charge in [-0.25, -0.2) is 24.7 Å². The van der Waals surface area contributed by atoms with Gasteiger partial charge in [0, 0.05) is 5.39 Å². The fourth-order valence-electron chi connectivity index (χ4n) is 4.61. The largest absolute Gasteiger partial charge is 0.449 e. The SMILES string of the molecule is CC(OC(=O)c1c2c(nc3ccccc13)/C(=C\c1ccccc1)CC2)C(=O)Nc1ncnc2nc[nH]c12. The summed E-state index contributed by atoms with van der Waals surface area (Å²) in [5.41, 5.74) is 5.86. The van der Waals surface area contributed by atoms with Crippen LogP contribution in [0, 0.1) is 0 Å². The number of carbonyl (C=O) groups is 2. The second-order valence-corrected chi connectivity index (χ2v) is 8.77. The Bertz CT molecular complexity index is 1690. The molecule has 3 aromatic heterocycles. The molecule has 182 valence electrons. The molecule has 0 saturated heterocycles. The molecule has 1 atom stereocenters. The Hall–Kier alpha value is -4.92. The number of benzene rings is 2. The molecule has 1 unspecified atom stereocenters. The number of ether oxygens (including phenoxy) is 1. The lowest BCUT2D eigenvalue weighted by molar-refractivity contribution is -0.123. The molecule has 1 aliphatic carbocycles. The van der Waals surface area contributed by atoms with E-state index in [1.807, 2.05) is 54.6 Å². The Morgan fingerprint density at radius 2 is 1.84 bits per heavy atom. The molecule has 6 rings (SSSR count). The van der Waals surface area contributed by atoms with Crippen LogP contribution in [-0.2, 0) is 16.0 Å². The number of allylic oxidation sites excluding steroid dienone is 1. The molecule has 3 heterocycles. The van der Waals surface area contributed by atoms with Crippen molar-refractivity contribution in [2.24, 2.45) is 0 Å². The van der Waals surface area contributed by atoms with Crippen molar-refractivity contribution in [2.45, 2.75) is 25.9 Å². The van der Waals surface area contributed by atoms with E-state index in [4.69, 9.17) is 9.72 Å². The first kappa shape index (κ1) is 22.5. The van der Waals surface area contributed by atoms with Gasteiger partial charge >= 0.3 is 5.97 Å². The van der Waals surface area contributed by atoms with E-state index in [0.717, 1.165) is 28.8 Å². The van der Waals surface area contributed by atoms with Crippen molar-refractivity contribution in [3.8, 4) is 0 Å². The highest BCUT2D eigenvalue weighted by Gasteiger charge is 2.29. The van der Waals surface area contributed by atoms with Crippen molar-refractivity contribution in [1.29, 1.82) is 0 Å². The number of anilines is 1. The highest BCUT2D eigenvalue weighted by molar-refractivity contribution is 6.08. The van der Waals surface area contributed by atoms with E-state index in [1.165, 1.54) is 19.6 Å². The molecule has 0 bridgehead atoms. The standard InChI is InChI=1S/C28H22N6O3/c1-16(27(35)34-26-24-25(30-14-29-24)31-15-32-26)37-28(36)22-19-9-5-6-10-21(19)33-23-18(11-12-20(22)23)13-17-7-3-2-4-8-17/h2-10,13-16H,11-12H2,1H3,(H2,29,30,31,32,34,35)/b18-13-. The quantitative estimate of drug-likeness (QED) is 0.346. The van der Waals surface area contributed by atoms with Gasteiger partial charge in [0.15, 0.2) is 17.6 Å². The number of esters is 1. The van der Waals surface area contributed by atoms with Gasteiger partial charge in [-0.05, 0) is 48.6 Å². The molecule has 9 heteroatoms. The van der Waals surface area contributed by atoms with Gasteiger partial charge in [0.2, 0.25) is 0 Å². The highest BCUT2D eigenvalue weighted by Crippen LogP contribution is 2.38. The van der Waals surface area contributed by atoms with E-state index in [2.05, 4.69) is 31.3 Å². The number of para-hydroxylation sites is 1. The first-order chi connectivity index (χ1) is 18.1. The summed E-state index contributed by atoms with van der Waals surface area (Å²) in [4.78, 5) is 46.4. The van der Waals surface area contributed by atoms with Crippen LogP contribution in [0.3, 0.4) is 0 Å². The maximum atomic E-state index is 13.5. The van der Waals surface area contributed by atoms with Crippen LogP contribution in [-0.4, -0.2) is 42.9 Å². The number of aromatic nitrogens is 5. The lowest BCUT2D eigenvalue weighted by atomic mass is 10.0.